The molecule has 2 heterocycles. The van der Waals surface area contributed by atoms with Crippen LogP contribution in [-0.4, -0.2) is 54.6 Å². The van der Waals surface area contributed by atoms with Crippen LogP contribution in [0.25, 0.3) is 11.0 Å². The van der Waals surface area contributed by atoms with Gasteiger partial charge >= 0.3 is 0 Å². The van der Waals surface area contributed by atoms with E-state index in [1.165, 1.54) is 0 Å². The SMILES string of the molecule is CCS(=O)(=O)N1CCN(c2nc3ccccc3[nH]2)CC1. The van der Waals surface area contributed by atoms with Crippen LogP contribution in [0.3, 0.4) is 0 Å². The molecule has 3 rings (SSSR count). The first kappa shape index (κ1) is 13.4. The third kappa shape index (κ3) is 2.38. The van der Waals surface area contributed by atoms with Crippen LogP contribution in [0.2, 0.25) is 0 Å². The van der Waals surface area contributed by atoms with Crippen LogP contribution in [0.1, 0.15) is 6.92 Å². The number of aromatic nitrogens is 2. The normalized spacial score (nSPS) is 17.8. The number of hydrogen-bond acceptors (Lipinski definition) is 4. The minimum absolute atomic E-state index is 0.164. The number of imidazole rings is 1. The summed E-state index contributed by atoms with van der Waals surface area (Å²) < 4.78 is 25.2. The van der Waals surface area contributed by atoms with E-state index in [2.05, 4.69) is 14.9 Å². The van der Waals surface area contributed by atoms with E-state index in [0.29, 0.717) is 26.2 Å². The van der Waals surface area contributed by atoms with Crippen molar-refractivity contribution < 1.29 is 8.42 Å². The highest BCUT2D eigenvalue weighted by Crippen LogP contribution is 2.19. The maximum absolute atomic E-state index is 11.8. The molecule has 2 aromatic rings. The van der Waals surface area contributed by atoms with Crippen molar-refractivity contribution >= 4 is 27.0 Å². The number of nitrogens with one attached hydrogen (secondary N) is 1. The lowest BCUT2D eigenvalue weighted by Gasteiger charge is -2.33. The van der Waals surface area contributed by atoms with Gasteiger partial charge in [-0.3, -0.25) is 0 Å². The molecule has 0 atom stereocenters. The Morgan fingerprint density at radius 1 is 1.20 bits per heavy atom. The summed E-state index contributed by atoms with van der Waals surface area (Å²) in [5, 5.41) is 0. The number of aromatic amines is 1. The molecule has 1 N–H and O–H groups in total. The summed E-state index contributed by atoms with van der Waals surface area (Å²) in [6, 6.07) is 7.88. The first-order valence-corrected chi connectivity index (χ1v) is 8.38. The second-order valence-electron chi connectivity index (χ2n) is 4.86. The quantitative estimate of drug-likeness (QED) is 0.918. The van der Waals surface area contributed by atoms with Crippen LogP contribution in [0.4, 0.5) is 5.95 Å². The lowest BCUT2D eigenvalue weighted by atomic mass is 10.3. The molecule has 0 aliphatic carbocycles. The predicted molar refractivity (Wildman–Crippen MR) is 79.3 cm³/mol. The Hall–Kier alpha value is -1.60. The standard InChI is InChI=1S/C13H18N4O2S/c1-2-20(18,19)17-9-7-16(8-10-17)13-14-11-5-3-4-6-12(11)15-13/h3-6H,2,7-10H2,1H3,(H,14,15). The van der Waals surface area contributed by atoms with Gasteiger partial charge in [0.25, 0.3) is 0 Å². The van der Waals surface area contributed by atoms with E-state index in [4.69, 9.17) is 0 Å². The van der Waals surface area contributed by atoms with E-state index in [1.807, 2.05) is 24.3 Å². The van der Waals surface area contributed by atoms with Crippen molar-refractivity contribution in [2.75, 3.05) is 36.8 Å². The fourth-order valence-corrected chi connectivity index (χ4v) is 3.53. The van der Waals surface area contributed by atoms with Crippen LogP contribution in [-0.2, 0) is 10.0 Å². The third-order valence-corrected chi connectivity index (χ3v) is 5.55. The summed E-state index contributed by atoms with van der Waals surface area (Å²) in [7, 11) is -3.08. The van der Waals surface area contributed by atoms with Crippen molar-refractivity contribution in [1.82, 2.24) is 14.3 Å². The number of nitrogens with zero attached hydrogens (tertiary/aromatic N) is 3. The lowest BCUT2D eigenvalue weighted by molar-refractivity contribution is 0.383. The van der Waals surface area contributed by atoms with Crippen molar-refractivity contribution in [3.8, 4) is 0 Å². The summed E-state index contributed by atoms with van der Waals surface area (Å²) in [6.45, 7) is 4.06. The predicted octanol–water partition coefficient (Wildman–Crippen LogP) is 1.03. The number of H-pyrrole nitrogens is 1. The summed E-state index contributed by atoms with van der Waals surface area (Å²) in [5.41, 5.74) is 1.94. The summed E-state index contributed by atoms with van der Waals surface area (Å²) in [6.07, 6.45) is 0. The molecule has 0 radical (unpaired) electrons. The molecule has 6 nitrogen and oxygen atoms in total. The summed E-state index contributed by atoms with van der Waals surface area (Å²) in [4.78, 5) is 9.92. The van der Waals surface area contributed by atoms with Gasteiger partial charge in [-0.15, -0.1) is 0 Å². The van der Waals surface area contributed by atoms with E-state index in [-0.39, 0.29) is 5.75 Å². The Kier molecular flexibility index (Phi) is 3.39. The first-order chi connectivity index (χ1) is 9.60. The Morgan fingerprint density at radius 3 is 2.55 bits per heavy atom. The minimum atomic E-state index is -3.08. The van der Waals surface area contributed by atoms with E-state index in [1.54, 1.807) is 11.2 Å². The van der Waals surface area contributed by atoms with Gasteiger partial charge in [0.05, 0.1) is 16.8 Å². The van der Waals surface area contributed by atoms with E-state index < -0.39 is 10.0 Å². The van der Waals surface area contributed by atoms with Crippen molar-refractivity contribution in [2.45, 2.75) is 6.92 Å². The second-order valence-corrected chi connectivity index (χ2v) is 7.12. The zero-order valence-corrected chi connectivity index (χ0v) is 12.2. The average Bonchev–Trinajstić information content (AvgIpc) is 2.91. The highest BCUT2D eigenvalue weighted by atomic mass is 32.2. The van der Waals surface area contributed by atoms with E-state index in [0.717, 1.165) is 17.0 Å². The van der Waals surface area contributed by atoms with Gasteiger partial charge in [-0.2, -0.15) is 4.31 Å². The maximum atomic E-state index is 11.8. The van der Waals surface area contributed by atoms with Crippen LogP contribution >= 0.6 is 0 Å². The van der Waals surface area contributed by atoms with Gasteiger partial charge in [-0.1, -0.05) is 12.1 Å². The van der Waals surface area contributed by atoms with Crippen molar-refractivity contribution in [1.29, 1.82) is 0 Å². The first-order valence-electron chi connectivity index (χ1n) is 6.77. The summed E-state index contributed by atoms with van der Waals surface area (Å²) >= 11 is 0. The highest BCUT2D eigenvalue weighted by molar-refractivity contribution is 7.89. The number of benzene rings is 1. The lowest BCUT2D eigenvalue weighted by Crippen LogP contribution is -2.49. The molecule has 1 aromatic carbocycles. The molecule has 0 bridgehead atoms. The fraction of sp³-hybridized carbons (Fsp3) is 0.462. The van der Waals surface area contributed by atoms with Crippen molar-refractivity contribution in [3.05, 3.63) is 24.3 Å². The number of anilines is 1. The Balaban J connectivity index is 1.75. The van der Waals surface area contributed by atoms with Gasteiger partial charge in [0, 0.05) is 26.2 Å². The molecular formula is C13H18N4O2S. The van der Waals surface area contributed by atoms with Crippen molar-refractivity contribution in [2.24, 2.45) is 0 Å². The fourth-order valence-electron chi connectivity index (χ4n) is 2.45. The number of rotatable bonds is 3. The largest absolute Gasteiger partial charge is 0.340 e. The third-order valence-electron chi connectivity index (χ3n) is 3.67. The molecule has 0 spiro atoms. The maximum Gasteiger partial charge on any atom is 0.213 e. The molecule has 1 aliphatic heterocycles. The monoisotopic (exact) mass is 294 g/mol. The minimum Gasteiger partial charge on any atom is -0.340 e. The molecule has 20 heavy (non-hydrogen) atoms. The van der Waals surface area contributed by atoms with E-state index in [9.17, 15) is 8.42 Å². The topological polar surface area (TPSA) is 69.3 Å². The van der Waals surface area contributed by atoms with Gasteiger partial charge < -0.3 is 9.88 Å². The number of para-hydroxylation sites is 2. The van der Waals surface area contributed by atoms with Gasteiger partial charge in [-0.05, 0) is 19.1 Å². The number of hydrogen-bond donors (Lipinski definition) is 1. The highest BCUT2D eigenvalue weighted by Gasteiger charge is 2.26. The van der Waals surface area contributed by atoms with Gasteiger partial charge in [0.2, 0.25) is 16.0 Å². The molecule has 0 amide bonds. The average molecular weight is 294 g/mol. The molecule has 1 fully saturated rings. The molecule has 1 aromatic heterocycles. The smallest absolute Gasteiger partial charge is 0.213 e. The van der Waals surface area contributed by atoms with Crippen LogP contribution in [0.5, 0.6) is 0 Å². The van der Waals surface area contributed by atoms with E-state index >= 15 is 0 Å². The second kappa shape index (κ2) is 5.06. The van der Waals surface area contributed by atoms with Gasteiger partial charge in [0.15, 0.2) is 0 Å². The zero-order chi connectivity index (χ0) is 14.2. The van der Waals surface area contributed by atoms with Crippen molar-refractivity contribution in [3.63, 3.8) is 0 Å². The number of sulfonamides is 1. The van der Waals surface area contributed by atoms with Crippen LogP contribution in [0, 0.1) is 0 Å². The van der Waals surface area contributed by atoms with Crippen LogP contribution in [0.15, 0.2) is 24.3 Å². The molecule has 1 aliphatic rings. The van der Waals surface area contributed by atoms with Gasteiger partial charge in [0.1, 0.15) is 0 Å². The van der Waals surface area contributed by atoms with Crippen LogP contribution < -0.4 is 4.90 Å². The number of fused-ring (bicyclic) bond motifs is 1. The van der Waals surface area contributed by atoms with Gasteiger partial charge in [-0.25, -0.2) is 13.4 Å². The molecule has 108 valence electrons. The molecule has 0 unspecified atom stereocenters. The molecule has 1 saturated heterocycles. The number of piperazine rings is 1. The Bertz CT molecular complexity index is 669. The Labute approximate surface area is 118 Å². The Morgan fingerprint density at radius 2 is 1.90 bits per heavy atom. The zero-order valence-electron chi connectivity index (χ0n) is 11.4. The summed E-state index contributed by atoms with van der Waals surface area (Å²) in [5.74, 6) is 0.984. The molecule has 7 heteroatoms. The molecule has 0 saturated carbocycles. The molecular weight excluding hydrogens is 276 g/mol.